The Balaban J connectivity index is 1.33. The predicted octanol–water partition coefficient (Wildman–Crippen LogP) is 2.03. The SMILES string of the molecule is CS(=O)(=O)Cc1cccc(C2C[C@@H]2C(=O)N2CCN(C3CCC3)CC2)c1. The lowest BCUT2D eigenvalue weighted by molar-refractivity contribution is -0.135. The summed E-state index contributed by atoms with van der Waals surface area (Å²) in [6, 6.07) is 8.51. The van der Waals surface area contributed by atoms with Crippen molar-refractivity contribution < 1.29 is 13.2 Å². The van der Waals surface area contributed by atoms with Crippen molar-refractivity contribution in [3.63, 3.8) is 0 Å². The van der Waals surface area contributed by atoms with Crippen LogP contribution in [0.1, 0.15) is 42.7 Å². The van der Waals surface area contributed by atoms with Crippen LogP contribution < -0.4 is 0 Å². The summed E-state index contributed by atoms with van der Waals surface area (Å²) in [4.78, 5) is 17.4. The van der Waals surface area contributed by atoms with Crippen molar-refractivity contribution in [3.05, 3.63) is 35.4 Å². The number of hydrogen-bond donors (Lipinski definition) is 0. The van der Waals surface area contributed by atoms with E-state index in [0.29, 0.717) is 0 Å². The monoisotopic (exact) mass is 376 g/mol. The molecule has 1 aromatic carbocycles. The Kier molecular flexibility index (Phi) is 4.82. The molecule has 0 bridgehead atoms. The van der Waals surface area contributed by atoms with Gasteiger partial charge in [-0.25, -0.2) is 8.42 Å². The van der Waals surface area contributed by atoms with Crippen LogP contribution in [0.3, 0.4) is 0 Å². The van der Waals surface area contributed by atoms with E-state index in [-0.39, 0.29) is 23.5 Å². The van der Waals surface area contributed by atoms with Crippen molar-refractivity contribution >= 4 is 15.7 Å². The van der Waals surface area contributed by atoms with Crippen molar-refractivity contribution in [1.82, 2.24) is 9.80 Å². The van der Waals surface area contributed by atoms with Crippen molar-refractivity contribution in [2.45, 2.75) is 43.4 Å². The van der Waals surface area contributed by atoms with Crippen LogP contribution in [0, 0.1) is 5.92 Å². The molecule has 26 heavy (non-hydrogen) atoms. The molecule has 2 saturated carbocycles. The summed E-state index contributed by atoms with van der Waals surface area (Å²) < 4.78 is 23.0. The minimum absolute atomic E-state index is 0.0648. The lowest BCUT2D eigenvalue weighted by atomic mass is 9.91. The molecule has 0 N–H and O–H groups in total. The highest BCUT2D eigenvalue weighted by Crippen LogP contribution is 2.48. The van der Waals surface area contributed by atoms with E-state index in [1.165, 1.54) is 25.5 Å². The normalized spacial score (nSPS) is 27.2. The maximum atomic E-state index is 12.8. The van der Waals surface area contributed by atoms with Gasteiger partial charge in [-0.1, -0.05) is 30.7 Å². The second kappa shape index (κ2) is 6.97. The summed E-state index contributed by atoms with van der Waals surface area (Å²) in [6.45, 7) is 3.73. The molecule has 0 spiro atoms. The first-order valence-electron chi connectivity index (χ1n) is 9.70. The van der Waals surface area contributed by atoms with Gasteiger partial charge in [-0.05, 0) is 36.3 Å². The number of piperazine rings is 1. The molecule has 6 heteroatoms. The Morgan fingerprint density at radius 3 is 2.50 bits per heavy atom. The molecule has 142 valence electrons. The van der Waals surface area contributed by atoms with E-state index in [0.717, 1.165) is 49.8 Å². The molecular formula is C20H28N2O3S. The van der Waals surface area contributed by atoms with Gasteiger partial charge in [0.2, 0.25) is 5.91 Å². The largest absolute Gasteiger partial charge is 0.340 e. The minimum Gasteiger partial charge on any atom is -0.340 e. The maximum Gasteiger partial charge on any atom is 0.226 e. The quantitative estimate of drug-likeness (QED) is 0.789. The summed E-state index contributed by atoms with van der Waals surface area (Å²) in [5.74, 6) is 0.692. The zero-order valence-corrected chi connectivity index (χ0v) is 16.2. The maximum absolute atomic E-state index is 12.8. The second-order valence-corrected chi connectivity index (χ2v) is 10.3. The average molecular weight is 377 g/mol. The van der Waals surface area contributed by atoms with Crippen molar-refractivity contribution in [2.24, 2.45) is 5.92 Å². The Hall–Kier alpha value is -1.40. The number of carbonyl (C=O) groups is 1. The van der Waals surface area contributed by atoms with Crippen LogP contribution in [0.2, 0.25) is 0 Å². The first-order chi connectivity index (χ1) is 12.4. The molecule has 0 radical (unpaired) electrons. The number of benzene rings is 1. The zero-order valence-electron chi connectivity index (χ0n) is 15.4. The van der Waals surface area contributed by atoms with Gasteiger partial charge in [0.05, 0.1) is 5.75 Å². The third kappa shape index (κ3) is 3.96. The van der Waals surface area contributed by atoms with E-state index < -0.39 is 9.84 Å². The fraction of sp³-hybridized carbons (Fsp3) is 0.650. The fourth-order valence-electron chi connectivity index (χ4n) is 4.35. The van der Waals surface area contributed by atoms with Gasteiger partial charge in [-0.3, -0.25) is 9.69 Å². The molecule has 2 atom stereocenters. The molecule has 0 aromatic heterocycles. The third-order valence-electron chi connectivity index (χ3n) is 6.13. The van der Waals surface area contributed by atoms with Crippen LogP contribution in [0.15, 0.2) is 24.3 Å². The molecule has 3 fully saturated rings. The van der Waals surface area contributed by atoms with Crippen molar-refractivity contribution in [1.29, 1.82) is 0 Å². The smallest absolute Gasteiger partial charge is 0.226 e. The van der Waals surface area contributed by atoms with Gasteiger partial charge in [-0.15, -0.1) is 0 Å². The summed E-state index contributed by atoms with van der Waals surface area (Å²) >= 11 is 0. The van der Waals surface area contributed by atoms with Gasteiger partial charge >= 0.3 is 0 Å². The number of amides is 1. The lowest BCUT2D eigenvalue weighted by Gasteiger charge is -2.43. The fourth-order valence-corrected chi connectivity index (χ4v) is 5.13. The van der Waals surface area contributed by atoms with Gasteiger partial charge in [-0.2, -0.15) is 0 Å². The molecule has 1 aromatic rings. The summed E-state index contributed by atoms with van der Waals surface area (Å²) in [5, 5.41) is 0. The molecule has 1 unspecified atom stereocenters. The highest BCUT2D eigenvalue weighted by Gasteiger charge is 2.46. The molecule has 2 aliphatic carbocycles. The van der Waals surface area contributed by atoms with Crippen LogP contribution in [-0.4, -0.2) is 62.6 Å². The summed E-state index contributed by atoms with van der Waals surface area (Å²) in [7, 11) is -3.04. The summed E-state index contributed by atoms with van der Waals surface area (Å²) in [6.07, 6.45) is 6.15. The number of nitrogens with zero attached hydrogens (tertiary/aromatic N) is 2. The summed E-state index contributed by atoms with van der Waals surface area (Å²) in [5.41, 5.74) is 1.93. The van der Waals surface area contributed by atoms with Crippen molar-refractivity contribution in [3.8, 4) is 0 Å². The Morgan fingerprint density at radius 1 is 1.15 bits per heavy atom. The second-order valence-electron chi connectivity index (χ2n) is 8.21. The zero-order chi connectivity index (χ0) is 18.3. The minimum atomic E-state index is -3.04. The van der Waals surface area contributed by atoms with Gasteiger partial charge in [0.15, 0.2) is 9.84 Å². The molecular weight excluding hydrogens is 348 g/mol. The predicted molar refractivity (Wildman–Crippen MR) is 102 cm³/mol. The molecule has 5 nitrogen and oxygen atoms in total. The average Bonchev–Trinajstić information content (AvgIpc) is 3.32. The van der Waals surface area contributed by atoms with Crippen molar-refractivity contribution in [2.75, 3.05) is 32.4 Å². The molecule has 1 saturated heterocycles. The number of rotatable bonds is 5. The highest BCUT2D eigenvalue weighted by molar-refractivity contribution is 7.89. The lowest BCUT2D eigenvalue weighted by Crippen LogP contribution is -2.53. The van der Waals surface area contributed by atoms with E-state index in [2.05, 4.69) is 4.90 Å². The Bertz CT molecular complexity index is 780. The van der Waals surface area contributed by atoms with Crippen LogP contribution in [0.4, 0.5) is 0 Å². The van der Waals surface area contributed by atoms with E-state index >= 15 is 0 Å². The molecule has 1 heterocycles. The van der Waals surface area contributed by atoms with Crippen LogP contribution in [0.5, 0.6) is 0 Å². The topological polar surface area (TPSA) is 57.7 Å². The molecule has 1 amide bonds. The Morgan fingerprint density at radius 2 is 1.88 bits per heavy atom. The molecule has 4 rings (SSSR count). The van der Waals surface area contributed by atoms with Crippen LogP contribution >= 0.6 is 0 Å². The first kappa shape index (κ1) is 18.0. The van der Waals surface area contributed by atoms with Gasteiger partial charge in [0, 0.05) is 44.4 Å². The standard InChI is InChI=1S/C20H28N2O3S/c1-26(24,25)14-15-4-2-5-16(12-15)18-13-19(18)20(23)22-10-8-21(9-11-22)17-6-3-7-17/h2,4-5,12,17-19H,3,6-11,13-14H2,1H3/t18?,19-/m0/s1. The van der Waals surface area contributed by atoms with Gasteiger partial charge in [0.25, 0.3) is 0 Å². The van der Waals surface area contributed by atoms with E-state index in [4.69, 9.17) is 0 Å². The van der Waals surface area contributed by atoms with Crippen LogP contribution in [-0.2, 0) is 20.4 Å². The highest BCUT2D eigenvalue weighted by atomic mass is 32.2. The van der Waals surface area contributed by atoms with Crippen LogP contribution in [0.25, 0.3) is 0 Å². The number of hydrogen-bond acceptors (Lipinski definition) is 4. The number of sulfone groups is 1. The first-order valence-corrected chi connectivity index (χ1v) is 11.8. The van der Waals surface area contributed by atoms with E-state index in [1.54, 1.807) is 0 Å². The number of carbonyl (C=O) groups excluding carboxylic acids is 1. The third-order valence-corrected chi connectivity index (χ3v) is 6.99. The Labute approximate surface area is 156 Å². The van der Waals surface area contributed by atoms with E-state index in [9.17, 15) is 13.2 Å². The van der Waals surface area contributed by atoms with Gasteiger partial charge in [0.1, 0.15) is 0 Å². The van der Waals surface area contributed by atoms with Gasteiger partial charge < -0.3 is 4.90 Å². The van der Waals surface area contributed by atoms with E-state index in [1.807, 2.05) is 29.2 Å². The molecule has 1 aliphatic heterocycles. The molecule has 3 aliphatic rings.